The van der Waals surface area contributed by atoms with Crippen molar-refractivity contribution in [3.8, 4) is 0 Å². The summed E-state index contributed by atoms with van der Waals surface area (Å²) in [6.45, 7) is -0.307. The van der Waals surface area contributed by atoms with Gasteiger partial charge in [0.15, 0.2) is 0 Å². The van der Waals surface area contributed by atoms with Crippen LogP contribution in [-0.4, -0.2) is 50.9 Å². The first-order valence-corrected chi connectivity index (χ1v) is 10.1. The van der Waals surface area contributed by atoms with E-state index in [-0.39, 0.29) is 30.7 Å². The van der Waals surface area contributed by atoms with Crippen molar-refractivity contribution >= 4 is 41.2 Å². The second kappa shape index (κ2) is 8.63. The molecule has 4 N–H and O–H groups in total. The maximum Gasteiger partial charge on any atom is 0.323 e. The number of amides is 1. The van der Waals surface area contributed by atoms with Gasteiger partial charge in [-0.05, 0) is 36.1 Å². The number of carbonyl (C=O) groups is 2. The van der Waals surface area contributed by atoms with Crippen LogP contribution in [0.4, 0.5) is 0 Å². The van der Waals surface area contributed by atoms with Crippen molar-refractivity contribution in [3.05, 3.63) is 65.0 Å². The number of carboxylic acid groups (broad SMARTS) is 1. The van der Waals surface area contributed by atoms with Crippen LogP contribution in [0.15, 0.2) is 42.5 Å². The average Bonchev–Trinajstić information content (AvgIpc) is 3.48. The number of halogens is 1. The number of amidine groups is 1. The molecule has 1 aromatic heterocycles. The van der Waals surface area contributed by atoms with Crippen LogP contribution in [-0.2, 0) is 28.5 Å². The number of hydrogen-bond acceptors (Lipinski definition) is 4. The zero-order valence-electron chi connectivity index (χ0n) is 18.0. The number of likely N-dealkylation sites (N-methyl/N-ethyl adjacent to an activating group) is 1. The van der Waals surface area contributed by atoms with Crippen molar-refractivity contribution in [2.75, 3.05) is 13.6 Å². The molecule has 0 unspecified atom stereocenters. The van der Waals surface area contributed by atoms with E-state index in [0.29, 0.717) is 24.8 Å². The van der Waals surface area contributed by atoms with Crippen LogP contribution < -0.4 is 5.73 Å². The molecule has 8 nitrogen and oxygen atoms in total. The van der Waals surface area contributed by atoms with E-state index in [2.05, 4.69) is 0 Å². The van der Waals surface area contributed by atoms with Crippen molar-refractivity contribution in [3.63, 3.8) is 0 Å². The van der Waals surface area contributed by atoms with Crippen molar-refractivity contribution < 1.29 is 14.7 Å². The second-order valence-electron chi connectivity index (χ2n) is 8.21. The Balaban J connectivity index is 0.00000289. The van der Waals surface area contributed by atoms with E-state index in [1.807, 2.05) is 54.1 Å². The van der Waals surface area contributed by atoms with Crippen molar-refractivity contribution in [1.82, 2.24) is 14.5 Å². The molecule has 1 aliphatic rings. The van der Waals surface area contributed by atoms with Crippen LogP contribution >= 0.6 is 12.4 Å². The maximum absolute atomic E-state index is 12.9. The summed E-state index contributed by atoms with van der Waals surface area (Å²) < 4.78 is 2.04. The number of aryl methyl sites for hydroxylation is 1. The molecule has 0 radical (unpaired) electrons. The van der Waals surface area contributed by atoms with E-state index in [1.54, 1.807) is 0 Å². The SMILES string of the molecule is CN(CC(=O)O)C(=O)C1(c2ccc3c(c2)nc(Cc2ccc(C(=N)N)cc2)n3C)CC1.Cl. The molecule has 2 aromatic carbocycles. The summed E-state index contributed by atoms with van der Waals surface area (Å²) in [6.07, 6.45) is 2.05. The molecule has 0 bridgehead atoms. The van der Waals surface area contributed by atoms with E-state index < -0.39 is 11.4 Å². The molecule has 168 valence electrons. The van der Waals surface area contributed by atoms with Crippen LogP contribution in [0.5, 0.6) is 0 Å². The van der Waals surface area contributed by atoms with Crippen LogP contribution in [0, 0.1) is 5.41 Å². The fourth-order valence-corrected chi connectivity index (χ4v) is 4.08. The summed E-state index contributed by atoms with van der Waals surface area (Å²) in [6, 6.07) is 13.4. The zero-order chi connectivity index (χ0) is 22.3. The molecule has 32 heavy (non-hydrogen) atoms. The summed E-state index contributed by atoms with van der Waals surface area (Å²) in [5, 5.41) is 16.5. The Bertz CT molecular complexity index is 1200. The summed E-state index contributed by atoms with van der Waals surface area (Å²) in [4.78, 5) is 30.0. The largest absolute Gasteiger partial charge is 0.480 e. The first-order valence-electron chi connectivity index (χ1n) is 10.1. The zero-order valence-corrected chi connectivity index (χ0v) is 18.8. The Kier molecular flexibility index (Phi) is 6.27. The molecule has 1 amide bonds. The Morgan fingerprint density at radius 1 is 1.22 bits per heavy atom. The quantitative estimate of drug-likeness (QED) is 0.372. The Morgan fingerprint density at radius 3 is 2.44 bits per heavy atom. The van der Waals surface area contributed by atoms with E-state index in [4.69, 9.17) is 21.2 Å². The maximum atomic E-state index is 12.9. The monoisotopic (exact) mass is 455 g/mol. The van der Waals surface area contributed by atoms with Crippen molar-refractivity contribution in [1.29, 1.82) is 5.41 Å². The Hall–Kier alpha value is -3.39. The van der Waals surface area contributed by atoms with Crippen LogP contribution in [0.25, 0.3) is 11.0 Å². The first-order chi connectivity index (χ1) is 14.7. The molecule has 1 aliphatic carbocycles. The van der Waals surface area contributed by atoms with Gasteiger partial charge >= 0.3 is 5.97 Å². The summed E-state index contributed by atoms with van der Waals surface area (Å²) in [5.41, 5.74) is 9.30. The number of nitrogen functional groups attached to an aromatic ring is 1. The molecule has 0 aliphatic heterocycles. The summed E-state index contributed by atoms with van der Waals surface area (Å²) in [7, 11) is 3.50. The van der Waals surface area contributed by atoms with Gasteiger partial charge in [-0.15, -0.1) is 12.4 Å². The smallest absolute Gasteiger partial charge is 0.323 e. The van der Waals surface area contributed by atoms with Crippen LogP contribution in [0.1, 0.15) is 35.4 Å². The summed E-state index contributed by atoms with van der Waals surface area (Å²) >= 11 is 0. The number of nitrogens with two attached hydrogens (primary N) is 1. The Morgan fingerprint density at radius 2 is 1.88 bits per heavy atom. The van der Waals surface area contributed by atoms with Crippen molar-refractivity contribution in [2.24, 2.45) is 12.8 Å². The molecule has 4 rings (SSSR count). The number of nitrogens with zero attached hydrogens (tertiary/aromatic N) is 3. The van der Waals surface area contributed by atoms with Crippen LogP contribution in [0.2, 0.25) is 0 Å². The standard InChI is InChI=1S/C23H25N5O3.ClH/c1-27(13-20(29)30)22(31)23(9-10-23)16-7-8-18-17(12-16)26-19(28(18)2)11-14-3-5-15(6-4-14)21(24)25;/h3-8,12H,9-11,13H2,1-2H3,(H3,24,25)(H,29,30);1H. The van der Waals surface area contributed by atoms with E-state index in [0.717, 1.165) is 28.0 Å². The van der Waals surface area contributed by atoms with Gasteiger partial charge in [0.05, 0.1) is 16.4 Å². The number of carbonyl (C=O) groups excluding carboxylic acids is 1. The van der Waals surface area contributed by atoms with E-state index in [1.165, 1.54) is 11.9 Å². The van der Waals surface area contributed by atoms with Gasteiger partial charge in [-0.25, -0.2) is 4.98 Å². The number of benzene rings is 2. The highest BCUT2D eigenvalue weighted by Gasteiger charge is 2.52. The number of carboxylic acids is 1. The van der Waals surface area contributed by atoms with Gasteiger partial charge in [0.1, 0.15) is 18.2 Å². The number of aromatic nitrogens is 2. The summed E-state index contributed by atoms with van der Waals surface area (Å²) in [5.74, 6) is -0.245. The average molecular weight is 456 g/mol. The highest BCUT2D eigenvalue weighted by atomic mass is 35.5. The second-order valence-corrected chi connectivity index (χ2v) is 8.21. The minimum absolute atomic E-state index is 0. The fourth-order valence-electron chi connectivity index (χ4n) is 4.08. The minimum atomic E-state index is -1.02. The van der Waals surface area contributed by atoms with Gasteiger partial charge in [-0.2, -0.15) is 0 Å². The first kappa shape index (κ1) is 23.3. The topological polar surface area (TPSA) is 125 Å². The predicted molar refractivity (Wildman–Crippen MR) is 124 cm³/mol. The highest BCUT2D eigenvalue weighted by molar-refractivity contribution is 5.95. The van der Waals surface area contributed by atoms with E-state index in [9.17, 15) is 9.59 Å². The number of nitrogens with one attached hydrogen (secondary N) is 1. The highest BCUT2D eigenvalue weighted by Crippen LogP contribution is 2.50. The minimum Gasteiger partial charge on any atom is -0.480 e. The lowest BCUT2D eigenvalue weighted by Crippen LogP contribution is -2.39. The van der Waals surface area contributed by atoms with Crippen LogP contribution in [0.3, 0.4) is 0 Å². The third kappa shape index (κ3) is 4.18. The van der Waals surface area contributed by atoms with Gasteiger partial charge < -0.3 is 20.3 Å². The Labute approximate surface area is 192 Å². The third-order valence-corrected chi connectivity index (χ3v) is 6.03. The number of hydrogen-bond donors (Lipinski definition) is 3. The molecule has 1 fully saturated rings. The van der Waals surface area contributed by atoms with Gasteiger partial charge in [-0.3, -0.25) is 15.0 Å². The predicted octanol–water partition coefficient (Wildman–Crippen LogP) is 2.44. The molecule has 9 heteroatoms. The number of aliphatic carboxylic acids is 1. The lowest BCUT2D eigenvalue weighted by atomic mass is 9.94. The number of rotatable bonds is 7. The molecular formula is C23H26ClN5O3. The normalized spacial score (nSPS) is 13.9. The molecule has 3 aromatic rings. The fraction of sp³-hybridized carbons (Fsp3) is 0.304. The lowest BCUT2D eigenvalue weighted by Gasteiger charge is -2.22. The molecule has 0 atom stereocenters. The lowest BCUT2D eigenvalue weighted by molar-refractivity contribution is -0.144. The van der Waals surface area contributed by atoms with Gasteiger partial charge in [0.25, 0.3) is 0 Å². The third-order valence-electron chi connectivity index (χ3n) is 6.03. The van der Waals surface area contributed by atoms with Gasteiger partial charge in [-0.1, -0.05) is 30.3 Å². The molecule has 1 saturated carbocycles. The molecule has 1 heterocycles. The van der Waals surface area contributed by atoms with Gasteiger partial charge in [0, 0.05) is 26.1 Å². The number of fused-ring (bicyclic) bond motifs is 1. The molecular weight excluding hydrogens is 430 g/mol. The number of imidazole rings is 1. The van der Waals surface area contributed by atoms with Gasteiger partial charge in [0.2, 0.25) is 5.91 Å². The molecule has 0 saturated heterocycles. The van der Waals surface area contributed by atoms with Crippen molar-refractivity contribution in [2.45, 2.75) is 24.7 Å². The molecule has 0 spiro atoms. The van der Waals surface area contributed by atoms with E-state index >= 15 is 0 Å².